The van der Waals surface area contributed by atoms with Gasteiger partial charge in [0, 0.05) is 49.8 Å². The standard InChI is InChI=1S/C19H24N4O4/c1-26-17(25)7-3-2-6-16(24)23-11-8-14(9-12-23)19-21-18(22-27-19)15-5-4-10-20-13-15/h4-5,10,13-14H,2-3,6-9,11-12H2,1H3. The third-order valence-corrected chi connectivity index (χ3v) is 4.81. The first-order valence-electron chi connectivity index (χ1n) is 9.26. The maximum absolute atomic E-state index is 12.3. The molecule has 8 nitrogen and oxygen atoms in total. The average molecular weight is 372 g/mol. The van der Waals surface area contributed by atoms with Crippen molar-refractivity contribution < 1.29 is 18.8 Å². The van der Waals surface area contributed by atoms with E-state index in [1.54, 1.807) is 12.4 Å². The Kier molecular flexibility index (Phi) is 6.51. The molecule has 0 aromatic carbocycles. The molecule has 27 heavy (non-hydrogen) atoms. The van der Waals surface area contributed by atoms with Gasteiger partial charge >= 0.3 is 5.97 Å². The summed E-state index contributed by atoms with van der Waals surface area (Å²) in [4.78, 5) is 33.8. The van der Waals surface area contributed by atoms with Crippen molar-refractivity contribution in [2.45, 2.75) is 44.4 Å². The van der Waals surface area contributed by atoms with Gasteiger partial charge in [-0.2, -0.15) is 4.98 Å². The van der Waals surface area contributed by atoms with E-state index in [0.717, 1.165) is 18.4 Å². The number of likely N-dealkylation sites (tertiary alicyclic amines) is 1. The van der Waals surface area contributed by atoms with Crippen LogP contribution in [0.2, 0.25) is 0 Å². The van der Waals surface area contributed by atoms with Gasteiger partial charge in [-0.25, -0.2) is 0 Å². The average Bonchev–Trinajstić information content (AvgIpc) is 3.22. The summed E-state index contributed by atoms with van der Waals surface area (Å²) in [6.45, 7) is 1.37. The van der Waals surface area contributed by atoms with Crippen LogP contribution in [-0.2, 0) is 14.3 Å². The van der Waals surface area contributed by atoms with Crippen molar-refractivity contribution in [1.82, 2.24) is 20.0 Å². The van der Waals surface area contributed by atoms with Crippen LogP contribution in [0.1, 0.15) is 50.3 Å². The minimum absolute atomic E-state index is 0.139. The van der Waals surface area contributed by atoms with Crippen LogP contribution in [0.15, 0.2) is 29.0 Å². The van der Waals surface area contributed by atoms with Crippen LogP contribution >= 0.6 is 0 Å². The van der Waals surface area contributed by atoms with Gasteiger partial charge in [-0.15, -0.1) is 0 Å². The Morgan fingerprint density at radius 3 is 2.74 bits per heavy atom. The lowest BCUT2D eigenvalue weighted by atomic mass is 9.96. The molecule has 1 aliphatic rings. The molecule has 0 bridgehead atoms. The second-order valence-corrected chi connectivity index (χ2v) is 6.64. The van der Waals surface area contributed by atoms with Gasteiger partial charge in [0.05, 0.1) is 7.11 Å². The molecular weight excluding hydrogens is 348 g/mol. The molecular formula is C19H24N4O4. The van der Waals surface area contributed by atoms with E-state index in [1.165, 1.54) is 7.11 Å². The Morgan fingerprint density at radius 1 is 1.26 bits per heavy atom. The highest BCUT2D eigenvalue weighted by molar-refractivity contribution is 5.76. The van der Waals surface area contributed by atoms with Crippen LogP contribution in [-0.4, -0.2) is 52.1 Å². The van der Waals surface area contributed by atoms with Gasteiger partial charge < -0.3 is 14.2 Å². The van der Waals surface area contributed by atoms with Crippen LogP contribution in [0.25, 0.3) is 11.4 Å². The number of ether oxygens (including phenoxy) is 1. The van der Waals surface area contributed by atoms with E-state index in [2.05, 4.69) is 19.9 Å². The summed E-state index contributed by atoms with van der Waals surface area (Å²) in [6, 6.07) is 3.73. The Hall–Kier alpha value is -2.77. The van der Waals surface area contributed by atoms with E-state index in [0.29, 0.717) is 50.5 Å². The van der Waals surface area contributed by atoms with Crippen molar-refractivity contribution in [2.75, 3.05) is 20.2 Å². The fourth-order valence-corrected chi connectivity index (χ4v) is 3.19. The summed E-state index contributed by atoms with van der Waals surface area (Å²) < 4.78 is 10.0. The number of esters is 1. The first kappa shape index (κ1) is 19.0. The summed E-state index contributed by atoms with van der Waals surface area (Å²) in [5, 5.41) is 4.04. The molecule has 2 aromatic heterocycles. The second kappa shape index (κ2) is 9.25. The number of nitrogens with zero attached hydrogens (tertiary/aromatic N) is 4. The summed E-state index contributed by atoms with van der Waals surface area (Å²) in [5.41, 5.74) is 0.826. The number of hydrogen-bond donors (Lipinski definition) is 0. The molecule has 0 saturated carbocycles. The van der Waals surface area contributed by atoms with Crippen molar-refractivity contribution in [2.24, 2.45) is 0 Å². The molecule has 8 heteroatoms. The number of methoxy groups -OCH3 is 1. The first-order valence-corrected chi connectivity index (χ1v) is 9.26. The van der Waals surface area contributed by atoms with Crippen LogP contribution in [0, 0.1) is 0 Å². The fourth-order valence-electron chi connectivity index (χ4n) is 3.19. The summed E-state index contributed by atoms with van der Waals surface area (Å²) >= 11 is 0. The Balaban J connectivity index is 1.44. The van der Waals surface area contributed by atoms with E-state index in [-0.39, 0.29) is 17.8 Å². The largest absolute Gasteiger partial charge is 0.469 e. The smallest absolute Gasteiger partial charge is 0.305 e. The van der Waals surface area contributed by atoms with E-state index >= 15 is 0 Å². The number of amides is 1. The van der Waals surface area contributed by atoms with Crippen molar-refractivity contribution >= 4 is 11.9 Å². The quantitative estimate of drug-likeness (QED) is 0.544. The monoisotopic (exact) mass is 372 g/mol. The van der Waals surface area contributed by atoms with Crippen molar-refractivity contribution in [3.8, 4) is 11.4 Å². The third kappa shape index (κ3) is 5.12. The van der Waals surface area contributed by atoms with E-state index in [9.17, 15) is 9.59 Å². The molecule has 0 atom stereocenters. The lowest BCUT2D eigenvalue weighted by molar-refractivity contribution is -0.141. The molecule has 2 aromatic rings. The molecule has 1 amide bonds. The van der Waals surface area contributed by atoms with Crippen molar-refractivity contribution in [1.29, 1.82) is 0 Å². The summed E-state index contributed by atoms with van der Waals surface area (Å²) in [5.74, 6) is 1.25. The normalized spacial score (nSPS) is 14.9. The lowest BCUT2D eigenvalue weighted by Crippen LogP contribution is -2.37. The molecule has 0 unspecified atom stereocenters. The number of unbranched alkanes of at least 4 members (excludes halogenated alkanes) is 1. The molecule has 0 aliphatic carbocycles. The van der Waals surface area contributed by atoms with Gasteiger partial charge in [0.1, 0.15) is 0 Å². The highest BCUT2D eigenvalue weighted by Crippen LogP contribution is 2.28. The number of carbonyl (C=O) groups excluding carboxylic acids is 2. The Labute approximate surface area is 157 Å². The topological polar surface area (TPSA) is 98.4 Å². The molecule has 0 N–H and O–H groups in total. The first-order chi connectivity index (χ1) is 13.2. The van der Waals surface area contributed by atoms with E-state index in [4.69, 9.17) is 4.52 Å². The summed E-state index contributed by atoms with van der Waals surface area (Å²) in [7, 11) is 1.38. The molecule has 3 rings (SSSR count). The molecule has 144 valence electrons. The van der Waals surface area contributed by atoms with Crippen LogP contribution in [0.3, 0.4) is 0 Å². The van der Waals surface area contributed by atoms with Crippen LogP contribution in [0.4, 0.5) is 0 Å². The molecule has 1 aliphatic heterocycles. The number of piperidine rings is 1. The Bertz CT molecular complexity index is 754. The maximum atomic E-state index is 12.3. The van der Waals surface area contributed by atoms with Gasteiger partial charge in [-0.3, -0.25) is 14.6 Å². The SMILES string of the molecule is COC(=O)CCCCC(=O)N1CCC(c2nc(-c3cccnc3)no2)CC1. The van der Waals surface area contributed by atoms with Gasteiger partial charge in [0.25, 0.3) is 0 Å². The molecule has 3 heterocycles. The van der Waals surface area contributed by atoms with E-state index < -0.39 is 0 Å². The minimum atomic E-state index is -0.228. The zero-order valence-electron chi connectivity index (χ0n) is 15.5. The number of pyridine rings is 1. The molecule has 1 fully saturated rings. The summed E-state index contributed by atoms with van der Waals surface area (Å²) in [6.07, 6.45) is 7.23. The van der Waals surface area contributed by atoms with Crippen molar-refractivity contribution in [3.63, 3.8) is 0 Å². The van der Waals surface area contributed by atoms with Crippen LogP contribution in [0.5, 0.6) is 0 Å². The zero-order chi connectivity index (χ0) is 19.1. The number of hydrogen-bond acceptors (Lipinski definition) is 7. The molecule has 0 spiro atoms. The molecule has 1 saturated heterocycles. The predicted octanol–water partition coefficient (Wildman–Crippen LogP) is 2.57. The zero-order valence-corrected chi connectivity index (χ0v) is 15.5. The molecule has 0 radical (unpaired) electrons. The van der Waals surface area contributed by atoms with Crippen LogP contribution < -0.4 is 0 Å². The number of carbonyl (C=O) groups is 2. The Morgan fingerprint density at radius 2 is 2.04 bits per heavy atom. The fraction of sp³-hybridized carbons (Fsp3) is 0.526. The highest BCUT2D eigenvalue weighted by atomic mass is 16.5. The van der Waals surface area contributed by atoms with Crippen molar-refractivity contribution in [3.05, 3.63) is 30.4 Å². The van der Waals surface area contributed by atoms with Gasteiger partial charge in [-0.1, -0.05) is 5.16 Å². The minimum Gasteiger partial charge on any atom is -0.469 e. The lowest BCUT2D eigenvalue weighted by Gasteiger charge is -2.30. The van der Waals surface area contributed by atoms with Gasteiger partial charge in [-0.05, 0) is 37.8 Å². The van der Waals surface area contributed by atoms with Gasteiger partial charge in [0.2, 0.25) is 17.6 Å². The maximum Gasteiger partial charge on any atom is 0.305 e. The second-order valence-electron chi connectivity index (χ2n) is 6.64. The van der Waals surface area contributed by atoms with E-state index in [1.807, 2.05) is 17.0 Å². The third-order valence-electron chi connectivity index (χ3n) is 4.81. The van der Waals surface area contributed by atoms with Gasteiger partial charge in [0.15, 0.2) is 0 Å². The number of aromatic nitrogens is 3. The number of rotatable bonds is 7. The predicted molar refractivity (Wildman–Crippen MR) is 96.6 cm³/mol. The highest BCUT2D eigenvalue weighted by Gasteiger charge is 2.27.